The van der Waals surface area contributed by atoms with Crippen LogP contribution in [-0.2, 0) is 10.4 Å². The van der Waals surface area contributed by atoms with Crippen LogP contribution in [0.15, 0.2) is 24.4 Å². The third-order valence-electron chi connectivity index (χ3n) is 6.79. The molecule has 2 aromatic rings. The van der Waals surface area contributed by atoms with Gasteiger partial charge in [-0.25, -0.2) is 19.2 Å². The summed E-state index contributed by atoms with van der Waals surface area (Å²) < 4.78 is 20.6. The third-order valence-corrected chi connectivity index (χ3v) is 6.79. The Hall–Kier alpha value is -3.58. The lowest BCUT2D eigenvalue weighted by Crippen LogP contribution is -2.60. The molecule has 4 heterocycles. The quantitative estimate of drug-likeness (QED) is 0.669. The molecule has 0 aromatic carbocycles. The molecule has 2 atom stereocenters. The molecule has 2 aliphatic carbocycles. The largest absolute Gasteiger partial charge is 0.379 e. The maximum atomic E-state index is 15.1. The molecule has 2 amide bonds. The van der Waals surface area contributed by atoms with Gasteiger partial charge in [-0.1, -0.05) is 0 Å². The van der Waals surface area contributed by atoms with Gasteiger partial charge in [0.1, 0.15) is 29.1 Å². The first-order valence-electron chi connectivity index (χ1n) is 10.9. The highest BCUT2D eigenvalue weighted by molar-refractivity contribution is 6.03. The van der Waals surface area contributed by atoms with Gasteiger partial charge in [0.25, 0.3) is 0 Å². The Morgan fingerprint density at radius 3 is 2.94 bits per heavy atom. The molecule has 170 valence electrons. The molecule has 2 aliphatic heterocycles. The number of alkyl halides is 1. The van der Waals surface area contributed by atoms with Gasteiger partial charge in [-0.15, -0.1) is 0 Å². The molecule has 9 nitrogen and oxygen atoms in total. The highest BCUT2D eigenvalue weighted by Gasteiger charge is 2.57. The summed E-state index contributed by atoms with van der Waals surface area (Å²) in [6, 6.07) is 5.90. The fourth-order valence-electron chi connectivity index (χ4n) is 5.06. The Bertz CT molecular complexity index is 1160. The van der Waals surface area contributed by atoms with Crippen molar-refractivity contribution in [1.29, 1.82) is 5.26 Å². The summed E-state index contributed by atoms with van der Waals surface area (Å²) in [4.78, 5) is 34.2. The van der Waals surface area contributed by atoms with E-state index in [1.165, 1.54) is 23.2 Å². The minimum Gasteiger partial charge on any atom is -0.379 e. The molecule has 4 aliphatic rings. The first-order valence-corrected chi connectivity index (χ1v) is 10.9. The Labute approximate surface area is 190 Å². The van der Waals surface area contributed by atoms with Crippen molar-refractivity contribution in [2.75, 3.05) is 22.6 Å². The Balaban J connectivity index is 1.40. The zero-order chi connectivity index (χ0) is 23.2. The highest BCUT2D eigenvalue weighted by Crippen LogP contribution is 2.55. The summed E-state index contributed by atoms with van der Waals surface area (Å²) in [6.07, 6.45) is 5.25. The molecule has 2 bridgehead atoms. The molecule has 2 saturated carbocycles. The van der Waals surface area contributed by atoms with Gasteiger partial charge in [0, 0.05) is 43.8 Å². The van der Waals surface area contributed by atoms with Crippen molar-refractivity contribution in [2.24, 2.45) is 0 Å². The van der Waals surface area contributed by atoms with Gasteiger partial charge in [0.05, 0.1) is 23.4 Å². The predicted octanol–water partition coefficient (Wildman–Crippen LogP) is 3.52. The van der Waals surface area contributed by atoms with E-state index in [9.17, 15) is 14.9 Å². The normalized spacial score (nSPS) is 27.2. The number of nitrogens with zero attached hydrogens (tertiary/aromatic N) is 4. The van der Waals surface area contributed by atoms with Crippen LogP contribution in [0.1, 0.15) is 53.7 Å². The summed E-state index contributed by atoms with van der Waals surface area (Å²) >= 11 is 0. The van der Waals surface area contributed by atoms with Crippen LogP contribution in [0.3, 0.4) is 0 Å². The van der Waals surface area contributed by atoms with E-state index < -0.39 is 11.7 Å². The van der Waals surface area contributed by atoms with E-state index in [4.69, 9.17) is 4.74 Å². The molecular formula is C23H23FN6O3. The number of urea groups is 1. The minimum atomic E-state index is -1.52. The Morgan fingerprint density at radius 2 is 2.21 bits per heavy atom. The lowest BCUT2D eigenvalue weighted by Gasteiger charge is -2.52. The molecule has 2 N–H and O–H groups in total. The number of carbonyl (C=O) groups excluding carboxylic acids is 2. The fourth-order valence-corrected chi connectivity index (χ4v) is 5.06. The van der Waals surface area contributed by atoms with Crippen molar-refractivity contribution >= 4 is 29.6 Å². The summed E-state index contributed by atoms with van der Waals surface area (Å²) in [5, 5.41) is 15.6. The summed E-state index contributed by atoms with van der Waals surface area (Å²) in [7, 11) is 1.67. The molecule has 6 rings (SSSR count). The minimum absolute atomic E-state index is 0.0466. The topological polar surface area (TPSA) is 120 Å². The molecule has 2 fully saturated rings. The fraction of sp³-hybridized carbons (Fsp3) is 0.435. The number of halogens is 1. The second-order valence-electron chi connectivity index (χ2n) is 8.74. The van der Waals surface area contributed by atoms with Gasteiger partial charge in [-0.05, 0) is 31.4 Å². The number of nitriles is 1. The molecule has 2 aromatic heterocycles. The first-order chi connectivity index (χ1) is 16.0. The molecular weight excluding hydrogens is 427 g/mol. The van der Waals surface area contributed by atoms with E-state index in [2.05, 4.69) is 26.7 Å². The number of amides is 2. The number of pyridine rings is 2. The molecule has 2 unspecified atom stereocenters. The number of aldehydes is 1. The molecule has 10 heteroatoms. The number of carbonyl (C=O) groups is 2. The Morgan fingerprint density at radius 1 is 1.39 bits per heavy atom. The van der Waals surface area contributed by atoms with Crippen LogP contribution in [0.5, 0.6) is 0 Å². The van der Waals surface area contributed by atoms with Crippen LogP contribution >= 0.6 is 0 Å². The number of anilines is 3. The SMILES string of the molecule is COC1CCCC1Nc1cc(NC(=O)N2c3nc(C=O)ccc3C3(F)CC2C3)ncc1C#N. The third kappa shape index (κ3) is 3.58. The van der Waals surface area contributed by atoms with E-state index in [0.29, 0.717) is 23.1 Å². The highest BCUT2D eigenvalue weighted by atomic mass is 19.1. The second kappa shape index (κ2) is 8.08. The van der Waals surface area contributed by atoms with Crippen LogP contribution in [0, 0.1) is 11.3 Å². The van der Waals surface area contributed by atoms with Crippen molar-refractivity contribution in [1.82, 2.24) is 9.97 Å². The van der Waals surface area contributed by atoms with E-state index in [1.807, 2.05) is 0 Å². The zero-order valence-electron chi connectivity index (χ0n) is 18.0. The number of hydrogen-bond donors (Lipinski definition) is 2. The van der Waals surface area contributed by atoms with E-state index in [-0.39, 0.29) is 48.4 Å². The summed E-state index contributed by atoms with van der Waals surface area (Å²) in [5.74, 6) is 0.404. The second-order valence-corrected chi connectivity index (χ2v) is 8.74. The van der Waals surface area contributed by atoms with Gasteiger partial charge in [0.2, 0.25) is 0 Å². The van der Waals surface area contributed by atoms with Crippen LogP contribution in [0.2, 0.25) is 0 Å². The first kappa shape index (κ1) is 21.3. The lowest BCUT2D eigenvalue weighted by atomic mass is 9.69. The van der Waals surface area contributed by atoms with Gasteiger partial charge in [-0.3, -0.25) is 15.0 Å². The predicted molar refractivity (Wildman–Crippen MR) is 118 cm³/mol. The van der Waals surface area contributed by atoms with Crippen LogP contribution in [0.4, 0.5) is 26.5 Å². The summed E-state index contributed by atoms with van der Waals surface area (Å²) in [5.41, 5.74) is -0.162. The number of methoxy groups -OCH3 is 1. The molecule has 0 radical (unpaired) electrons. The van der Waals surface area contributed by atoms with Crippen LogP contribution < -0.4 is 15.5 Å². The number of aromatic nitrogens is 2. The number of rotatable bonds is 5. The average Bonchev–Trinajstić information content (AvgIpc) is 3.25. The van der Waals surface area contributed by atoms with Crippen molar-refractivity contribution in [3.05, 3.63) is 41.2 Å². The monoisotopic (exact) mass is 450 g/mol. The molecule has 0 saturated heterocycles. The molecule has 0 spiro atoms. The van der Waals surface area contributed by atoms with Crippen LogP contribution in [0.25, 0.3) is 0 Å². The molecule has 33 heavy (non-hydrogen) atoms. The van der Waals surface area contributed by atoms with E-state index in [0.717, 1.165) is 19.3 Å². The number of nitrogens with one attached hydrogen (secondary N) is 2. The number of hydrogen-bond acceptors (Lipinski definition) is 7. The summed E-state index contributed by atoms with van der Waals surface area (Å²) in [6.45, 7) is 0. The number of ether oxygens (including phenoxy) is 1. The van der Waals surface area contributed by atoms with E-state index in [1.54, 1.807) is 13.2 Å². The smallest absolute Gasteiger partial charge is 0.328 e. The maximum absolute atomic E-state index is 15.1. The van der Waals surface area contributed by atoms with Gasteiger partial charge < -0.3 is 10.1 Å². The van der Waals surface area contributed by atoms with Crippen molar-refractivity contribution in [2.45, 2.75) is 56.0 Å². The van der Waals surface area contributed by atoms with Crippen LogP contribution in [-0.4, -0.2) is 47.6 Å². The van der Waals surface area contributed by atoms with Gasteiger partial charge >= 0.3 is 6.03 Å². The van der Waals surface area contributed by atoms with Gasteiger partial charge in [-0.2, -0.15) is 5.26 Å². The van der Waals surface area contributed by atoms with E-state index >= 15 is 4.39 Å². The standard InChI is InChI=1S/C23H23FN6O3/c1-33-19-4-2-3-17(19)28-18-7-20(26-11-13(18)10-25)29-22(32)30-15-8-23(24,9-15)16-6-5-14(12-31)27-21(16)30/h5-7,11-12,15,17,19H,2-4,8-9H2,1H3,(H2,26,28,29,32). The van der Waals surface area contributed by atoms with Gasteiger partial charge in [0.15, 0.2) is 6.29 Å². The lowest BCUT2D eigenvalue weighted by molar-refractivity contribution is 0.0284. The average molecular weight is 450 g/mol. The maximum Gasteiger partial charge on any atom is 0.328 e. The zero-order valence-corrected chi connectivity index (χ0v) is 18.0. The van der Waals surface area contributed by atoms with Crippen molar-refractivity contribution in [3.8, 4) is 6.07 Å². The van der Waals surface area contributed by atoms with Crippen molar-refractivity contribution in [3.63, 3.8) is 0 Å². The Kier molecular flexibility index (Phi) is 5.21. The van der Waals surface area contributed by atoms with Crippen molar-refractivity contribution < 1.29 is 18.7 Å².